The van der Waals surface area contributed by atoms with Gasteiger partial charge in [0.25, 0.3) is 0 Å². The van der Waals surface area contributed by atoms with E-state index >= 15 is 0 Å². The van der Waals surface area contributed by atoms with Gasteiger partial charge in [0.1, 0.15) is 0 Å². The third kappa shape index (κ3) is 5.02. The van der Waals surface area contributed by atoms with Crippen molar-refractivity contribution in [3.8, 4) is 0 Å². The van der Waals surface area contributed by atoms with Gasteiger partial charge in [0, 0.05) is 11.4 Å². The summed E-state index contributed by atoms with van der Waals surface area (Å²) in [7, 11) is 0. The van der Waals surface area contributed by atoms with Gasteiger partial charge in [-0.1, -0.05) is 24.3 Å². The lowest BCUT2D eigenvalue weighted by molar-refractivity contribution is 1.19. The van der Waals surface area contributed by atoms with Gasteiger partial charge in [-0.3, -0.25) is 0 Å². The van der Waals surface area contributed by atoms with E-state index < -0.39 is 0 Å². The maximum Gasteiger partial charge on any atom is 0.168 e. The van der Waals surface area contributed by atoms with E-state index in [2.05, 4.69) is 10.6 Å². The van der Waals surface area contributed by atoms with Crippen LogP contribution in [0.2, 0.25) is 0 Å². The van der Waals surface area contributed by atoms with Gasteiger partial charge >= 0.3 is 0 Å². The molecule has 4 nitrogen and oxygen atoms in total. The van der Waals surface area contributed by atoms with Crippen molar-refractivity contribution < 1.29 is 0 Å². The summed E-state index contributed by atoms with van der Waals surface area (Å²) in [6, 6.07) is 16.0. The molecule has 0 aliphatic rings. The van der Waals surface area contributed by atoms with Crippen LogP contribution in [0.15, 0.2) is 48.5 Å². The van der Waals surface area contributed by atoms with Gasteiger partial charge in [-0.25, -0.2) is 0 Å². The Morgan fingerprint density at radius 2 is 1.05 bits per heavy atom. The lowest BCUT2D eigenvalue weighted by atomic mass is 10.0. The van der Waals surface area contributed by atoms with Gasteiger partial charge in [-0.05, 0) is 66.2 Å². The standard InChI is InChI=1S/C15H16N4S2/c16-14(20)18-12-5-1-10(2-6-12)9-11-3-7-13(8-4-11)19-15(17)21/h1-8H,9H2,(H3,16,18,20)(H3,17,19,21). The van der Waals surface area contributed by atoms with E-state index in [1.165, 1.54) is 11.1 Å². The summed E-state index contributed by atoms with van der Waals surface area (Å²) >= 11 is 9.60. The number of anilines is 2. The number of thiocarbonyl (C=S) groups is 2. The van der Waals surface area contributed by atoms with E-state index in [1.54, 1.807) is 0 Å². The van der Waals surface area contributed by atoms with Crippen LogP contribution in [-0.4, -0.2) is 10.2 Å². The third-order valence-electron chi connectivity index (χ3n) is 2.85. The van der Waals surface area contributed by atoms with Crippen molar-refractivity contribution in [1.29, 1.82) is 0 Å². The molecule has 6 N–H and O–H groups in total. The Bertz CT molecular complexity index is 578. The Labute approximate surface area is 134 Å². The molecule has 2 rings (SSSR count). The molecule has 0 radical (unpaired) electrons. The monoisotopic (exact) mass is 316 g/mol. The first-order valence-electron chi connectivity index (χ1n) is 6.34. The SMILES string of the molecule is NC(=S)Nc1ccc(Cc2ccc(NC(N)=S)cc2)cc1. The Hall–Kier alpha value is -2.18. The highest BCUT2D eigenvalue weighted by atomic mass is 32.1. The molecule has 2 aromatic rings. The number of hydrogen-bond donors (Lipinski definition) is 4. The van der Waals surface area contributed by atoms with Gasteiger partial charge < -0.3 is 22.1 Å². The van der Waals surface area contributed by atoms with Gasteiger partial charge in [0.05, 0.1) is 0 Å². The fraction of sp³-hybridized carbons (Fsp3) is 0.0667. The van der Waals surface area contributed by atoms with Gasteiger partial charge in [-0.15, -0.1) is 0 Å². The molecule has 0 unspecified atom stereocenters. The average molecular weight is 316 g/mol. The van der Waals surface area contributed by atoms with E-state index in [9.17, 15) is 0 Å². The fourth-order valence-electron chi connectivity index (χ4n) is 1.93. The molecule has 0 saturated carbocycles. The second-order valence-corrected chi connectivity index (χ2v) is 5.43. The Balaban J connectivity index is 2.01. The Kier molecular flexibility index (Phi) is 5.08. The number of nitrogens with one attached hydrogen (secondary N) is 2. The van der Waals surface area contributed by atoms with Crippen LogP contribution >= 0.6 is 24.4 Å². The molecule has 0 aliphatic carbocycles. The first kappa shape index (κ1) is 15.2. The molecule has 0 saturated heterocycles. The van der Waals surface area contributed by atoms with Crippen LogP contribution in [0.4, 0.5) is 11.4 Å². The van der Waals surface area contributed by atoms with Gasteiger partial charge in [0.15, 0.2) is 10.2 Å². The molecular weight excluding hydrogens is 300 g/mol. The number of nitrogens with two attached hydrogens (primary N) is 2. The summed E-state index contributed by atoms with van der Waals surface area (Å²) in [5.41, 5.74) is 15.1. The maximum absolute atomic E-state index is 5.43. The fourth-order valence-corrected chi connectivity index (χ4v) is 2.17. The van der Waals surface area contributed by atoms with E-state index in [1.807, 2.05) is 48.5 Å². The summed E-state index contributed by atoms with van der Waals surface area (Å²) in [6.45, 7) is 0. The largest absolute Gasteiger partial charge is 0.376 e. The topological polar surface area (TPSA) is 76.1 Å². The molecule has 0 amide bonds. The summed E-state index contributed by atoms with van der Waals surface area (Å²) in [5, 5.41) is 6.33. The van der Waals surface area contributed by atoms with Crippen LogP contribution in [0.1, 0.15) is 11.1 Å². The van der Waals surface area contributed by atoms with Crippen molar-refractivity contribution >= 4 is 46.0 Å². The van der Waals surface area contributed by atoms with Crippen molar-refractivity contribution in [2.24, 2.45) is 11.5 Å². The van der Waals surface area contributed by atoms with E-state index in [4.69, 9.17) is 35.9 Å². The molecule has 0 heterocycles. The molecule has 0 bridgehead atoms. The highest BCUT2D eigenvalue weighted by molar-refractivity contribution is 7.80. The quantitative estimate of drug-likeness (QED) is 0.650. The minimum absolute atomic E-state index is 0.267. The molecule has 108 valence electrons. The van der Waals surface area contributed by atoms with Crippen LogP contribution in [-0.2, 0) is 6.42 Å². The zero-order valence-corrected chi connectivity index (χ0v) is 12.9. The smallest absolute Gasteiger partial charge is 0.168 e. The number of hydrogen-bond acceptors (Lipinski definition) is 2. The molecule has 0 atom stereocenters. The summed E-state index contributed by atoms with van der Waals surface area (Å²) in [6.07, 6.45) is 0.848. The normalized spacial score (nSPS) is 9.90. The minimum Gasteiger partial charge on any atom is -0.376 e. The first-order chi connectivity index (χ1) is 10.0. The van der Waals surface area contributed by atoms with Crippen LogP contribution in [0.3, 0.4) is 0 Å². The van der Waals surface area contributed by atoms with E-state index in [0.717, 1.165) is 17.8 Å². The number of benzene rings is 2. The van der Waals surface area contributed by atoms with Crippen LogP contribution in [0.5, 0.6) is 0 Å². The second-order valence-electron chi connectivity index (χ2n) is 4.55. The van der Waals surface area contributed by atoms with Crippen molar-refractivity contribution in [3.63, 3.8) is 0 Å². The maximum atomic E-state index is 5.43. The van der Waals surface area contributed by atoms with Crippen LogP contribution < -0.4 is 22.1 Å². The minimum atomic E-state index is 0.267. The molecule has 0 aliphatic heterocycles. The van der Waals surface area contributed by atoms with Crippen molar-refractivity contribution in [2.45, 2.75) is 6.42 Å². The molecule has 6 heteroatoms. The van der Waals surface area contributed by atoms with Crippen LogP contribution in [0, 0.1) is 0 Å². The van der Waals surface area contributed by atoms with E-state index in [-0.39, 0.29) is 10.2 Å². The molecule has 0 spiro atoms. The highest BCUT2D eigenvalue weighted by Gasteiger charge is 1.99. The summed E-state index contributed by atoms with van der Waals surface area (Å²) in [5.74, 6) is 0. The summed E-state index contributed by atoms with van der Waals surface area (Å²) in [4.78, 5) is 0. The van der Waals surface area contributed by atoms with Gasteiger partial charge in [-0.2, -0.15) is 0 Å². The first-order valence-corrected chi connectivity index (χ1v) is 7.15. The lowest BCUT2D eigenvalue weighted by Gasteiger charge is -2.07. The molecular formula is C15H16N4S2. The van der Waals surface area contributed by atoms with Crippen molar-refractivity contribution in [3.05, 3.63) is 59.7 Å². The Morgan fingerprint density at radius 3 is 1.33 bits per heavy atom. The third-order valence-corrected chi connectivity index (χ3v) is 3.06. The van der Waals surface area contributed by atoms with Crippen molar-refractivity contribution in [2.75, 3.05) is 10.6 Å². The predicted octanol–water partition coefficient (Wildman–Crippen LogP) is 2.59. The second kappa shape index (κ2) is 7.01. The lowest BCUT2D eigenvalue weighted by Crippen LogP contribution is -2.18. The van der Waals surface area contributed by atoms with E-state index in [0.29, 0.717) is 0 Å². The highest BCUT2D eigenvalue weighted by Crippen LogP contribution is 2.15. The van der Waals surface area contributed by atoms with Crippen LogP contribution in [0.25, 0.3) is 0 Å². The zero-order chi connectivity index (χ0) is 15.2. The zero-order valence-electron chi connectivity index (χ0n) is 11.3. The Morgan fingerprint density at radius 1 is 0.714 bits per heavy atom. The molecule has 21 heavy (non-hydrogen) atoms. The number of rotatable bonds is 4. The van der Waals surface area contributed by atoms with Gasteiger partial charge in [0.2, 0.25) is 0 Å². The van der Waals surface area contributed by atoms with Crippen molar-refractivity contribution in [1.82, 2.24) is 0 Å². The molecule has 0 aromatic heterocycles. The predicted molar refractivity (Wildman–Crippen MR) is 96.5 cm³/mol. The average Bonchev–Trinajstić information content (AvgIpc) is 2.42. The molecule has 0 fully saturated rings. The molecule has 2 aromatic carbocycles. The summed E-state index contributed by atoms with van der Waals surface area (Å²) < 4.78 is 0.